The summed E-state index contributed by atoms with van der Waals surface area (Å²) in [5.41, 5.74) is 1.12. The molecule has 118 valence electrons. The van der Waals surface area contributed by atoms with Crippen molar-refractivity contribution in [3.05, 3.63) is 75.7 Å². The van der Waals surface area contributed by atoms with Crippen LogP contribution in [0, 0.1) is 6.92 Å². The third-order valence-electron chi connectivity index (χ3n) is 3.90. The lowest BCUT2D eigenvalue weighted by Crippen LogP contribution is -2.26. The molecule has 2 aromatic carbocycles. The number of benzene rings is 2. The molecule has 2 heterocycles. The van der Waals surface area contributed by atoms with Gasteiger partial charge in [0.2, 0.25) is 0 Å². The van der Waals surface area contributed by atoms with E-state index in [2.05, 4.69) is 10.3 Å². The van der Waals surface area contributed by atoms with Gasteiger partial charge in [-0.1, -0.05) is 36.4 Å². The van der Waals surface area contributed by atoms with Gasteiger partial charge in [0, 0.05) is 28.3 Å². The third-order valence-corrected chi connectivity index (χ3v) is 4.86. The number of anilines is 1. The Morgan fingerprint density at radius 1 is 1.17 bits per heavy atom. The van der Waals surface area contributed by atoms with Crippen molar-refractivity contribution in [2.75, 3.05) is 5.32 Å². The third kappa shape index (κ3) is 2.28. The van der Waals surface area contributed by atoms with E-state index in [0.717, 1.165) is 16.5 Å². The number of carbonyl (C=O) groups excluding carboxylic acids is 1. The highest BCUT2D eigenvalue weighted by Gasteiger charge is 2.16. The summed E-state index contributed by atoms with van der Waals surface area (Å²) < 4.78 is 1.46. The minimum Gasteiger partial charge on any atom is -0.321 e. The number of carbonyl (C=O) groups is 1. The zero-order chi connectivity index (χ0) is 16.7. The van der Waals surface area contributed by atoms with Crippen molar-refractivity contribution >= 4 is 38.7 Å². The summed E-state index contributed by atoms with van der Waals surface area (Å²) in [5, 5.41) is 6.62. The molecule has 5 nitrogen and oxygen atoms in total. The summed E-state index contributed by atoms with van der Waals surface area (Å²) in [6, 6.07) is 13.4. The van der Waals surface area contributed by atoms with Gasteiger partial charge in [-0.25, -0.2) is 4.98 Å². The predicted molar refractivity (Wildman–Crippen MR) is 96.0 cm³/mol. The maximum absolute atomic E-state index is 12.6. The van der Waals surface area contributed by atoms with Crippen molar-refractivity contribution in [2.24, 2.45) is 0 Å². The van der Waals surface area contributed by atoms with Crippen LogP contribution in [0.4, 0.5) is 5.69 Å². The number of aryl methyl sites for hydroxylation is 1. The summed E-state index contributed by atoms with van der Waals surface area (Å²) in [4.78, 5) is 30.0. The molecule has 0 unspecified atom stereocenters. The number of nitrogens with zero attached hydrogens (tertiary/aromatic N) is 2. The Morgan fingerprint density at radius 3 is 2.83 bits per heavy atom. The molecule has 0 atom stereocenters. The largest absolute Gasteiger partial charge is 0.321 e. The van der Waals surface area contributed by atoms with E-state index in [-0.39, 0.29) is 11.1 Å². The maximum Gasteiger partial charge on any atom is 0.271 e. The highest BCUT2D eigenvalue weighted by molar-refractivity contribution is 7.15. The van der Waals surface area contributed by atoms with Gasteiger partial charge in [-0.3, -0.25) is 14.0 Å². The molecule has 0 bridgehead atoms. The van der Waals surface area contributed by atoms with Crippen LogP contribution in [0.3, 0.4) is 0 Å². The molecule has 4 aromatic rings. The molecule has 0 saturated heterocycles. The van der Waals surface area contributed by atoms with Crippen molar-refractivity contribution in [1.29, 1.82) is 0 Å². The van der Waals surface area contributed by atoms with Gasteiger partial charge in [0.05, 0.1) is 0 Å². The minimum atomic E-state index is -0.455. The zero-order valence-electron chi connectivity index (χ0n) is 12.8. The Balaban J connectivity index is 1.78. The number of hydrogen-bond acceptors (Lipinski definition) is 4. The number of rotatable bonds is 2. The van der Waals surface area contributed by atoms with E-state index >= 15 is 0 Å². The molecule has 0 radical (unpaired) electrons. The van der Waals surface area contributed by atoms with E-state index in [0.29, 0.717) is 10.6 Å². The number of aromatic nitrogens is 2. The molecule has 24 heavy (non-hydrogen) atoms. The highest BCUT2D eigenvalue weighted by Crippen LogP contribution is 2.23. The normalized spacial score (nSPS) is 11.0. The monoisotopic (exact) mass is 335 g/mol. The van der Waals surface area contributed by atoms with Gasteiger partial charge in [0.15, 0.2) is 4.96 Å². The van der Waals surface area contributed by atoms with Crippen LogP contribution in [-0.4, -0.2) is 15.3 Å². The number of nitrogens with one attached hydrogen (secondary N) is 1. The van der Waals surface area contributed by atoms with E-state index in [4.69, 9.17) is 0 Å². The Labute approximate surface area is 141 Å². The molecule has 0 fully saturated rings. The molecule has 6 heteroatoms. The van der Waals surface area contributed by atoms with E-state index in [1.165, 1.54) is 21.9 Å². The SMILES string of the molecule is Cc1csc2ncc(C(=O)Nc3cccc4ccccc34)c(=O)n12. The molecule has 0 saturated carbocycles. The van der Waals surface area contributed by atoms with Gasteiger partial charge in [0.25, 0.3) is 11.5 Å². The van der Waals surface area contributed by atoms with Crippen LogP contribution < -0.4 is 10.9 Å². The van der Waals surface area contributed by atoms with Crippen LogP contribution >= 0.6 is 11.3 Å². The highest BCUT2D eigenvalue weighted by atomic mass is 32.1. The Morgan fingerprint density at radius 2 is 1.96 bits per heavy atom. The van der Waals surface area contributed by atoms with Gasteiger partial charge < -0.3 is 5.32 Å². The van der Waals surface area contributed by atoms with E-state index in [9.17, 15) is 9.59 Å². The average Bonchev–Trinajstić information content (AvgIpc) is 2.97. The molecule has 0 aliphatic heterocycles. The minimum absolute atomic E-state index is 0.0296. The summed E-state index contributed by atoms with van der Waals surface area (Å²) >= 11 is 1.37. The molecule has 1 amide bonds. The lowest BCUT2D eigenvalue weighted by molar-refractivity contribution is 0.102. The van der Waals surface area contributed by atoms with Gasteiger partial charge in [-0.05, 0) is 18.4 Å². The first-order valence-electron chi connectivity index (χ1n) is 7.40. The van der Waals surface area contributed by atoms with Crippen molar-refractivity contribution in [3.8, 4) is 0 Å². The molecule has 4 rings (SSSR count). The fourth-order valence-electron chi connectivity index (χ4n) is 2.70. The van der Waals surface area contributed by atoms with Crippen molar-refractivity contribution in [2.45, 2.75) is 6.92 Å². The molecule has 2 aromatic heterocycles. The molecule has 0 spiro atoms. The lowest BCUT2D eigenvalue weighted by Gasteiger charge is -2.08. The quantitative estimate of drug-likeness (QED) is 0.610. The van der Waals surface area contributed by atoms with Gasteiger partial charge in [-0.15, -0.1) is 11.3 Å². The second-order valence-electron chi connectivity index (χ2n) is 5.45. The Hall–Kier alpha value is -2.99. The van der Waals surface area contributed by atoms with Crippen molar-refractivity contribution < 1.29 is 4.79 Å². The zero-order valence-corrected chi connectivity index (χ0v) is 13.6. The topological polar surface area (TPSA) is 63.5 Å². The molecule has 0 aliphatic carbocycles. The second-order valence-corrected chi connectivity index (χ2v) is 6.29. The van der Waals surface area contributed by atoms with E-state index in [1.807, 2.05) is 54.8 Å². The summed E-state index contributed by atoms with van der Waals surface area (Å²) in [6.45, 7) is 1.82. The summed E-state index contributed by atoms with van der Waals surface area (Å²) in [6.07, 6.45) is 1.34. The van der Waals surface area contributed by atoms with Gasteiger partial charge >= 0.3 is 0 Å². The van der Waals surface area contributed by atoms with E-state index < -0.39 is 5.91 Å². The van der Waals surface area contributed by atoms with Gasteiger partial charge in [0.1, 0.15) is 5.56 Å². The van der Waals surface area contributed by atoms with Crippen LogP contribution in [0.15, 0.2) is 58.8 Å². The number of amides is 1. The van der Waals surface area contributed by atoms with Gasteiger partial charge in [-0.2, -0.15) is 0 Å². The van der Waals surface area contributed by atoms with Crippen LogP contribution in [0.5, 0.6) is 0 Å². The van der Waals surface area contributed by atoms with E-state index in [1.54, 1.807) is 0 Å². The predicted octanol–water partition coefficient (Wildman–Crippen LogP) is 3.47. The average molecular weight is 335 g/mol. The van der Waals surface area contributed by atoms with Crippen molar-refractivity contribution in [3.63, 3.8) is 0 Å². The smallest absolute Gasteiger partial charge is 0.271 e. The first-order chi connectivity index (χ1) is 11.6. The van der Waals surface area contributed by atoms with Crippen LogP contribution in [-0.2, 0) is 0 Å². The first kappa shape index (κ1) is 14.6. The molecule has 1 N–H and O–H groups in total. The maximum atomic E-state index is 12.6. The molecule has 0 aliphatic rings. The second kappa shape index (κ2) is 5.58. The molecular formula is C18H13N3O2S. The first-order valence-corrected chi connectivity index (χ1v) is 8.28. The summed E-state index contributed by atoms with van der Waals surface area (Å²) in [5.74, 6) is -0.455. The van der Waals surface area contributed by atoms with Crippen molar-refractivity contribution in [1.82, 2.24) is 9.38 Å². The Bertz CT molecular complexity index is 1140. The number of hydrogen-bond donors (Lipinski definition) is 1. The van der Waals surface area contributed by atoms with Crippen LogP contribution in [0.1, 0.15) is 16.1 Å². The molecular weight excluding hydrogens is 322 g/mol. The lowest BCUT2D eigenvalue weighted by atomic mass is 10.1. The van der Waals surface area contributed by atoms with Crippen LogP contribution in [0.25, 0.3) is 15.7 Å². The fourth-order valence-corrected chi connectivity index (χ4v) is 3.53. The standard InChI is InChI=1S/C18H13N3O2S/c1-11-10-24-18-19-9-14(17(23)21(11)18)16(22)20-15-8-4-6-12-5-2-3-7-13(12)15/h2-10H,1H3,(H,20,22). The number of thiazole rings is 1. The van der Waals surface area contributed by atoms with Crippen LogP contribution in [0.2, 0.25) is 0 Å². The Kier molecular flexibility index (Phi) is 3.39. The summed E-state index contributed by atoms with van der Waals surface area (Å²) in [7, 11) is 0. The fraction of sp³-hybridized carbons (Fsp3) is 0.0556. The number of fused-ring (bicyclic) bond motifs is 2.